The maximum atomic E-state index is 12.6. The number of hydrogen-bond acceptors (Lipinski definition) is 5. The molecule has 0 saturated heterocycles. The molecule has 0 spiro atoms. The minimum absolute atomic E-state index is 0.0649. The molecule has 6 nitrogen and oxygen atoms in total. The third-order valence-electron chi connectivity index (χ3n) is 3.99. The Labute approximate surface area is 192 Å². The van der Waals surface area contributed by atoms with E-state index < -0.39 is 0 Å². The first-order valence-electron chi connectivity index (χ1n) is 8.90. The lowest BCUT2D eigenvalue weighted by Gasteiger charge is -2.20. The number of amides is 1. The molecule has 0 atom stereocenters. The maximum Gasteiger partial charge on any atom is 0.260 e. The number of carbonyl (C=O) groups excluding carboxylic acids is 1. The van der Waals surface area contributed by atoms with Crippen molar-refractivity contribution in [3.8, 4) is 17.1 Å². The molecule has 0 unspecified atom stereocenters. The van der Waals surface area contributed by atoms with Gasteiger partial charge in [-0.2, -0.15) is 4.98 Å². The van der Waals surface area contributed by atoms with Crippen LogP contribution in [0.3, 0.4) is 0 Å². The van der Waals surface area contributed by atoms with Gasteiger partial charge in [-0.1, -0.05) is 35.3 Å². The van der Waals surface area contributed by atoms with E-state index in [1.807, 2.05) is 31.2 Å². The normalized spacial score (nSPS) is 10.8. The van der Waals surface area contributed by atoms with Crippen molar-refractivity contribution in [3.63, 3.8) is 0 Å². The Morgan fingerprint density at radius 1 is 1.21 bits per heavy atom. The molecule has 0 bridgehead atoms. The molecule has 1 amide bonds. The summed E-state index contributed by atoms with van der Waals surface area (Å²) in [6.07, 6.45) is 0.791. The Balaban J connectivity index is 1.66. The van der Waals surface area contributed by atoms with E-state index in [2.05, 4.69) is 32.7 Å². The summed E-state index contributed by atoms with van der Waals surface area (Å²) in [5, 5.41) is 4.92. The number of rotatable bonds is 8. The van der Waals surface area contributed by atoms with E-state index in [0.29, 0.717) is 39.6 Å². The highest BCUT2D eigenvalue weighted by Crippen LogP contribution is 2.28. The monoisotopic (exact) mass is 545 g/mol. The second kappa shape index (κ2) is 10.3. The minimum atomic E-state index is -0.158. The fourth-order valence-electron chi connectivity index (χ4n) is 2.59. The van der Waals surface area contributed by atoms with Crippen LogP contribution in [0.4, 0.5) is 0 Å². The smallest absolute Gasteiger partial charge is 0.260 e. The Bertz CT molecular complexity index is 979. The van der Waals surface area contributed by atoms with Gasteiger partial charge in [0.2, 0.25) is 11.7 Å². The fourth-order valence-corrected chi connectivity index (χ4v) is 3.44. The molecular formula is C20H18Cl2IN3O3. The zero-order valence-corrected chi connectivity index (χ0v) is 19.2. The van der Waals surface area contributed by atoms with Crippen LogP contribution >= 0.6 is 45.8 Å². The average Bonchev–Trinajstić information content (AvgIpc) is 3.15. The van der Waals surface area contributed by atoms with Gasteiger partial charge in [-0.25, -0.2) is 0 Å². The lowest BCUT2D eigenvalue weighted by atomic mass is 10.2. The molecule has 0 aliphatic rings. The molecule has 3 aromatic rings. The Morgan fingerprint density at radius 3 is 2.66 bits per heavy atom. The minimum Gasteiger partial charge on any atom is -0.484 e. The predicted octanol–water partition coefficient (Wildman–Crippen LogP) is 5.47. The number of halogens is 3. The lowest BCUT2D eigenvalue weighted by molar-refractivity contribution is -0.134. The molecule has 0 fully saturated rings. The van der Waals surface area contributed by atoms with Crippen molar-refractivity contribution in [2.45, 2.75) is 19.9 Å². The molecule has 2 aromatic carbocycles. The van der Waals surface area contributed by atoms with Crippen molar-refractivity contribution < 1.29 is 14.1 Å². The van der Waals surface area contributed by atoms with E-state index >= 15 is 0 Å². The highest BCUT2D eigenvalue weighted by molar-refractivity contribution is 14.1. The van der Waals surface area contributed by atoms with Gasteiger partial charge in [-0.15, -0.1) is 0 Å². The quantitative estimate of drug-likeness (QED) is 0.351. The van der Waals surface area contributed by atoms with Crippen LogP contribution in [-0.2, 0) is 11.3 Å². The summed E-state index contributed by atoms with van der Waals surface area (Å²) < 4.78 is 12.0. The summed E-state index contributed by atoms with van der Waals surface area (Å²) in [4.78, 5) is 18.6. The van der Waals surface area contributed by atoms with Crippen LogP contribution in [0.25, 0.3) is 11.4 Å². The number of hydrogen-bond donors (Lipinski definition) is 0. The first-order chi connectivity index (χ1) is 14.0. The van der Waals surface area contributed by atoms with Crippen LogP contribution in [0.2, 0.25) is 10.0 Å². The van der Waals surface area contributed by atoms with Crippen molar-refractivity contribution in [3.05, 3.63) is 62.0 Å². The van der Waals surface area contributed by atoms with E-state index in [1.54, 1.807) is 23.1 Å². The van der Waals surface area contributed by atoms with Crippen LogP contribution in [0, 0.1) is 3.57 Å². The molecule has 152 valence electrons. The third kappa shape index (κ3) is 6.07. The van der Waals surface area contributed by atoms with Crippen LogP contribution in [0.15, 0.2) is 47.0 Å². The summed E-state index contributed by atoms with van der Waals surface area (Å²) in [6.45, 7) is 2.67. The van der Waals surface area contributed by atoms with Gasteiger partial charge >= 0.3 is 0 Å². The molecule has 0 radical (unpaired) electrons. The standard InChI is InChI=1S/C20H18Cl2IN3O3/c1-2-9-26(19(27)12-28-15-6-4-14(23)5-7-15)11-18-24-20(25-29-18)16-8-3-13(21)10-17(16)22/h3-8,10H,2,9,11-12H2,1H3. The molecule has 0 saturated carbocycles. The fraction of sp³-hybridized carbons (Fsp3) is 0.250. The summed E-state index contributed by atoms with van der Waals surface area (Å²) in [5.41, 5.74) is 0.612. The van der Waals surface area contributed by atoms with Gasteiger partial charge in [-0.05, 0) is 71.5 Å². The molecule has 1 aromatic heterocycles. The van der Waals surface area contributed by atoms with Gasteiger partial charge in [0.1, 0.15) is 12.3 Å². The van der Waals surface area contributed by atoms with Crippen molar-refractivity contribution >= 4 is 51.7 Å². The number of benzene rings is 2. The van der Waals surface area contributed by atoms with E-state index in [-0.39, 0.29) is 19.1 Å². The number of carbonyl (C=O) groups is 1. The molecule has 9 heteroatoms. The lowest BCUT2D eigenvalue weighted by Crippen LogP contribution is -2.35. The average molecular weight is 546 g/mol. The van der Waals surface area contributed by atoms with E-state index in [4.69, 9.17) is 32.5 Å². The van der Waals surface area contributed by atoms with Crippen molar-refractivity contribution in [2.75, 3.05) is 13.2 Å². The molecule has 3 rings (SSSR count). The summed E-state index contributed by atoms with van der Waals surface area (Å²) in [5.74, 6) is 1.16. The van der Waals surface area contributed by atoms with Gasteiger partial charge < -0.3 is 14.2 Å². The predicted molar refractivity (Wildman–Crippen MR) is 120 cm³/mol. The van der Waals surface area contributed by atoms with Crippen molar-refractivity contribution in [1.82, 2.24) is 15.0 Å². The van der Waals surface area contributed by atoms with Gasteiger partial charge in [-0.3, -0.25) is 4.79 Å². The van der Waals surface area contributed by atoms with E-state index in [1.165, 1.54) is 0 Å². The number of ether oxygens (including phenoxy) is 1. The third-order valence-corrected chi connectivity index (χ3v) is 5.26. The Kier molecular flexibility index (Phi) is 7.74. The van der Waals surface area contributed by atoms with Crippen LogP contribution in [-0.4, -0.2) is 34.1 Å². The van der Waals surface area contributed by atoms with Gasteiger partial charge in [0.15, 0.2) is 6.61 Å². The molecule has 1 heterocycles. The zero-order valence-electron chi connectivity index (χ0n) is 15.6. The molecule has 29 heavy (non-hydrogen) atoms. The van der Waals surface area contributed by atoms with Crippen LogP contribution in [0.1, 0.15) is 19.2 Å². The molecular weight excluding hydrogens is 528 g/mol. The zero-order chi connectivity index (χ0) is 20.8. The molecule has 0 aliphatic heterocycles. The van der Waals surface area contributed by atoms with E-state index in [9.17, 15) is 4.79 Å². The van der Waals surface area contributed by atoms with Crippen LogP contribution in [0.5, 0.6) is 5.75 Å². The second-order valence-electron chi connectivity index (χ2n) is 6.19. The summed E-state index contributed by atoms with van der Waals surface area (Å²) in [6, 6.07) is 12.6. The van der Waals surface area contributed by atoms with Crippen molar-refractivity contribution in [2.24, 2.45) is 0 Å². The first kappa shape index (κ1) is 21.9. The topological polar surface area (TPSA) is 68.5 Å². The highest BCUT2D eigenvalue weighted by atomic mass is 127. The number of aromatic nitrogens is 2. The van der Waals surface area contributed by atoms with Crippen molar-refractivity contribution in [1.29, 1.82) is 0 Å². The molecule has 0 N–H and O–H groups in total. The Morgan fingerprint density at radius 2 is 1.97 bits per heavy atom. The van der Waals surface area contributed by atoms with Gasteiger partial charge in [0, 0.05) is 20.7 Å². The summed E-state index contributed by atoms with van der Waals surface area (Å²) >= 11 is 14.3. The Hall–Kier alpha value is -1.84. The van der Waals surface area contributed by atoms with Gasteiger partial charge in [0.25, 0.3) is 5.91 Å². The second-order valence-corrected chi connectivity index (χ2v) is 8.28. The highest BCUT2D eigenvalue weighted by Gasteiger charge is 2.19. The largest absolute Gasteiger partial charge is 0.484 e. The summed E-state index contributed by atoms with van der Waals surface area (Å²) in [7, 11) is 0. The van der Waals surface area contributed by atoms with Crippen LogP contribution < -0.4 is 4.74 Å². The number of nitrogens with zero attached hydrogens (tertiary/aromatic N) is 3. The SMILES string of the molecule is CCCN(Cc1nc(-c2ccc(Cl)cc2Cl)no1)C(=O)COc1ccc(I)cc1. The first-order valence-corrected chi connectivity index (χ1v) is 10.7. The van der Waals surface area contributed by atoms with E-state index in [0.717, 1.165) is 9.99 Å². The molecule has 0 aliphatic carbocycles. The van der Waals surface area contributed by atoms with Gasteiger partial charge in [0.05, 0.1) is 5.02 Å². The maximum absolute atomic E-state index is 12.6.